The van der Waals surface area contributed by atoms with Gasteiger partial charge in [0.2, 0.25) is 0 Å². The second-order valence-electron chi connectivity index (χ2n) is 4.27. The summed E-state index contributed by atoms with van der Waals surface area (Å²) >= 11 is 9.55. The Morgan fingerprint density at radius 2 is 2.00 bits per heavy atom. The van der Waals surface area contributed by atoms with Crippen molar-refractivity contribution in [3.63, 3.8) is 0 Å². The summed E-state index contributed by atoms with van der Waals surface area (Å²) in [5, 5.41) is 0.568. The number of hydrazine groups is 1. The van der Waals surface area contributed by atoms with Crippen LogP contribution in [0.5, 0.6) is 0 Å². The molecule has 2 aromatic carbocycles. The summed E-state index contributed by atoms with van der Waals surface area (Å²) in [5.74, 6) is 5.33. The van der Waals surface area contributed by atoms with E-state index in [1.165, 1.54) is 6.07 Å². The van der Waals surface area contributed by atoms with Gasteiger partial charge in [-0.3, -0.25) is 5.84 Å². The molecule has 0 saturated heterocycles. The fourth-order valence-corrected chi connectivity index (χ4v) is 2.67. The fourth-order valence-electron chi connectivity index (χ4n) is 1.89. The number of nitrogens with two attached hydrogens (primary N) is 1. The van der Waals surface area contributed by atoms with E-state index in [4.69, 9.17) is 17.4 Å². The van der Waals surface area contributed by atoms with E-state index in [0.717, 1.165) is 15.6 Å². The minimum absolute atomic E-state index is 0.258. The molecule has 1 unspecified atom stereocenters. The van der Waals surface area contributed by atoms with Gasteiger partial charge in [0.05, 0.1) is 6.04 Å². The van der Waals surface area contributed by atoms with E-state index in [-0.39, 0.29) is 11.9 Å². The molecule has 1 atom stereocenters. The Bertz CT molecular complexity index is 604. The monoisotopic (exact) mass is 342 g/mol. The zero-order chi connectivity index (χ0) is 14.0. The van der Waals surface area contributed by atoms with Crippen molar-refractivity contribution in [1.82, 2.24) is 5.43 Å². The van der Waals surface area contributed by atoms with Crippen LogP contribution in [0.15, 0.2) is 40.9 Å². The summed E-state index contributed by atoms with van der Waals surface area (Å²) in [4.78, 5) is 0. The van der Waals surface area contributed by atoms with E-state index < -0.39 is 0 Å². The largest absolute Gasteiger partial charge is 0.271 e. The first-order valence-corrected chi connectivity index (χ1v) is 6.87. The molecule has 100 valence electrons. The third-order valence-corrected chi connectivity index (χ3v) is 3.79. The molecule has 0 aliphatic rings. The van der Waals surface area contributed by atoms with Gasteiger partial charge in [-0.2, -0.15) is 0 Å². The lowest BCUT2D eigenvalue weighted by atomic mass is 9.98. The standard InChI is InChI=1S/C14H13BrClFN2/c1-8-2-3-9(6-13(8)17)14(19-18)11-5-4-10(15)7-12(11)16/h2-7,14,19H,18H2,1H3. The quantitative estimate of drug-likeness (QED) is 0.650. The molecule has 0 spiro atoms. The second-order valence-corrected chi connectivity index (χ2v) is 5.60. The highest BCUT2D eigenvalue weighted by atomic mass is 79.9. The SMILES string of the molecule is Cc1ccc(C(NN)c2ccc(Br)cc2Cl)cc1F. The van der Waals surface area contributed by atoms with E-state index in [1.54, 1.807) is 19.1 Å². The minimum atomic E-state index is -0.351. The van der Waals surface area contributed by atoms with Gasteiger partial charge in [0.1, 0.15) is 5.82 Å². The van der Waals surface area contributed by atoms with Crippen molar-refractivity contribution in [2.24, 2.45) is 5.84 Å². The van der Waals surface area contributed by atoms with Crippen molar-refractivity contribution in [3.05, 3.63) is 68.4 Å². The zero-order valence-electron chi connectivity index (χ0n) is 10.3. The van der Waals surface area contributed by atoms with Gasteiger partial charge < -0.3 is 0 Å². The summed E-state index contributed by atoms with van der Waals surface area (Å²) < 4.78 is 14.5. The molecule has 0 aliphatic carbocycles. The summed E-state index contributed by atoms with van der Waals surface area (Å²) in [6, 6.07) is 10.2. The minimum Gasteiger partial charge on any atom is -0.271 e. The molecule has 0 bridgehead atoms. The molecule has 0 radical (unpaired) electrons. The third-order valence-electron chi connectivity index (χ3n) is 2.97. The average molecular weight is 344 g/mol. The van der Waals surface area contributed by atoms with Gasteiger partial charge in [-0.1, -0.05) is 45.7 Å². The van der Waals surface area contributed by atoms with Gasteiger partial charge in [0, 0.05) is 9.50 Å². The highest BCUT2D eigenvalue weighted by Crippen LogP contribution is 2.30. The van der Waals surface area contributed by atoms with Crippen LogP contribution in [0, 0.1) is 12.7 Å². The molecule has 0 fully saturated rings. The van der Waals surface area contributed by atoms with E-state index >= 15 is 0 Å². The second kappa shape index (κ2) is 6.01. The van der Waals surface area contributed by atoms with Crippen LogP contribution in [0.2, 0.25) is 5.02 Å². The topological polar surface area (TPSA) is 38.0 Å². The molecule has 2 rings (SSSR count). The molecule has 0 amide bonds. The van der Waals surface area contributed by atoms with Crippen LogP contribution in [-0.2, 0) is 0 Å². The first-order valence-electron chi connectivity index (χ1n) is 5.70. The van der Waals surface area contributed by atoms with Crippen LogP contribution in [-0.4, -0.2) is 0 Å². The summed E-state index contributed by atoms with van der Waals surface area (Å²) in [7, 11) is 0. The van der Waals surface area contributed by atoms with Crippen molar-refractivity contribution in [2.75, 3.05) is 0 Å². The predicted molar refractivity (Wildman–Crippen MR) is 79.5 cm³/mol. The predicted octanol–water partition coefficient (Wildman–Crippen LogP) is 4.10. The van der Waals surface area contributed by atoms with Crippen molar-refractivity contribution in [2.45, 2.75) is 13.0 Å². The summed E-state index contributed by atoms with van der Waals surface area (Å²) in [5.41, 5.74) is 4.81. The third kappa shape index (κ3) is 3.15. The maximum Gasteiger partial charge on any atom is 0.126 e. The number of rotatable bonds is 3. The van der Waals surface area contributed by atoms with Crippen LogP contribution in [0.25, 0.3) is 0 Å². The first kappa shape index (κ1) is 14.5. The Labute approximate surface area is 124 Å². The van der Waals surface area contributed by atoms with Crippen LogP contribution in [0.4, 0.5) is 4.39 Å². The van der Waals surface area contributed by atoms with E-state index in [2.05, 4.69) is 21.4 Å². The Kier molecular flexibility index (Phi) is 4.58. The summed E-state index contributed by atoms with van der Waals surface area (Å²) in [6.45, 7) is 1.72. The lowest BCUT2D eigenvalue weighted by Crippen LogP contribution is -2.29. The Hall–Kier alpha value is -0.940. The number of hydrogen-bond donors (Lipinski definition) is 2. The first-order chi connectivity index (χ1) is 9.02. The number of nitrogens with one attached hydrogen (secondary N) is 1. The molecule has 5 heteroatoms. The normalized spacial score (nSPS) is 12.5. The molecule has 19 heavy (non-hydrogen) atoms. The van der Waals surface area contributed by atoms with Crippen LogP contribution in [0.3, 0.4) is 0 Å². The smallest absolute Gasteiger partial charge is 0.126 e. The lowest BCUT2D eigenvalue weighted by molar-refractivity contribution is 0.599. The molecular weight excluding hydrogens is 331 g/mol. The van der Waals surface area contributed by atoms with Crippen molar-refractivity contribution in [3.8, 4) is 0 Å². The molecule has 2 aromatic rings. The zero-order valence-corrected chi connectivity index (χ0v) is 12.6. The number of aryl methyl sites for hydroxylation is 1. The molecule has 0 saturated carbocycles. The number of halogens is 3. The van der Waals surface area contributed by atoms with Gasteiger partial charge in [-0.25, -0.2) is 9.82 Å². The van der Waals surface area contributed by atoms with Crippen LogP contribution in [0.1, 0.15) is 22.7 Å². The Morgan fingerprint density at radius 3 is 2.58 bits per heavy atom. The van der Waals surface area contributed by atoms with Crippen molar-refractivity contribution >= 4 is 27.5 Å². The Morgan fingerprint density at radius 1 is 1.26 bits per heavy atom. The van der Waals surface area contributed by atoms with Crippen molar-refractivity contribution in [1.29, 1.82) is 0 Å². The lowest BCUT2D eigenvalue weighted by Gasteiger charge is -2.19. The van der Waals surface area contributed by atoms with E-state index in [9.17, 15) is 4.39 Å². The molecule has 2 nitrogen and oxygen atoms in total. The average Bonchev–Trinajstić information content (AvgIpc) is 2.37. The van der Waals surface area contributed by atoms with Crippen molar-refractivity contribution < 1.29 is 4.39 Å². The van der Waals surface area contributed by atoms with Crippen LogP contribution < -0.4 is 11.3 Å². The molecule has 0 aromatic heterocycles. The van der Waals surface area contributed by atoms with Gasteiger partial charge in [-0.05, 0) is 41.8 Å². The molecule has 3 N–H and O–H groups in total. The number of benzene rings is 2. The maximum atomic E-state index is 13.6. The number of hydrogen-bond acceptors (Lipinski definition) is 2. The Balaban J connectivity index is 2.46. The van der Waals surface area contributed by atoms with E-state index in [0.29, 0.717) is 10.6 Å². The van der Waals surface area contributed by atoms with Gasteiger partial charge >= 0.3 is 0 Å². The van der Waals surface area contributed by atoms with Crippen LogP contribution >= 0.6 is 27.5 Å². The van der Waals surface area contributed by atoms with Gasteiger partial charge in [-0.15, -0.1) is 0 Å². The highest BCUT2D eigenvalue weighted by Gasteiger charge is 2.16. The maximum absolute atomic E-state index is 13.6. The fraction of sp³-hybridized carbons (Fsp3) is 0.143. The van der Waals surface area contributed by atoms with Gasteiger partial charge in [0.25, 0.3) is 0 Å². The molecular formula is C14H13BrClFN2. The van der Waals surface area contributed by atoms with E-state index in [1.807, 2.05) is 18.2 Å². The summed E-state index contributed by atoms with van der Waals surface area (Å²) in [6.07, 6.45) is 0. The highest BCUT2D eigenvalue weighted by molar-refractivity contribution is 9.10. The molecule has 0 heterocycles. The van der Waals surface area contributed by atoms with Gasteiger partial charge in [0.15, 0.2) is 0 Å². The molecule has 0 aliphatic heterocycles.